The number of carbonyl (C=O) groups is 3. The normalized spacial score (nSPS) is 19.5. The van der Waals surface area contributed by atoms with Gasteiger partial charge in [0, 0.05) is 49.5 Å². The molecule has 2 saturated carbocycles. The molecule has 0 spiro atoms. The van der Waals surface area contributed by atoms with Crippen molar-refractivity contribution >= 4 is 17.6 Å². The Morgan fingerprint density at radius 3 is 2.16 bits per heavy atom. The van der Waals surface area contributed by atoms with Crippen molar-refractivity contribution in [2.75, 3.05) is 26.2 Å². The Morgan fingerprint density at radius 1 is 0.875 bits per heavy atom. The van der Waals surface area contributed by atoms with Crippen LogP contribution in [-0.2, 0) is 16.0 Å². The van der Waals surface area contributed by atoms with Gasteiger partial charge >= 0.3 is 0 Å². The van der Waals surface area contributed by atoms with Crippen LogP contribution < -0.4 is 0 Å². The maximum atomic E-state index is 13.0. The number of rotatable bonds is 6. The molecule has 2 aromatic rings. The molecule has 2 aromatic carbocycles. The second kappa shape index (κ2) is 8.19. The first-order chi connectivity index (χ1) is 15.4. The maximum absolute atomic E-state index is 13.0. The number of benzene rings is 2. The summed E-state index contributed by atoms with van der Waals surface area (Å²) in [5.74, 6) is 0.886. The van der Waals surface area contributed by atoms with Crippen LogP contribution in [0.1, 0.15) is 48.5 Å². The summed E-state index contributed by atoms with van der Waals surface area (Å²) in [5.41, 5.74) is 3.67. The Labute approximate surface area is 189 Å². The van der Waals surface area contributed by atoms with Crippen LogP contribution in [0.5, 0.6) is 0 Å². The summed E-state index contributed by atoms with van der Waals surface area (Å²) < 4.78 is 0. The Kier molecular flexibility index (Phi) is 5.36. The molecule has 5 heteroatoms. The predicted molar refractivity (Wildman–Crippen MR) is 123 cm³/mol. The number of piperazine rings is 1. The molecule has 1 aliphatic heterocycles. The third-order valence-corrected chi connectivity index (χ3v) is 7.17. The molecule has 0 N–H and O–H groups in total. The standard InChI is InChI=1S/C27H30N2O3/c1-27(11-12-27)26(32)29-15-13-28(14-16-29)25(31)22-9-5-20(6-10-22)23-4-2-3-19(17-23)18-24(30)21-7-8-21/h2-6,9-10,17,21H,7-8,11-16,18H2,1H3. The quantitative estimate of drug-likeness (QED) is 0.697. The highest BCUT2D eigenvalue weighted by Crippen LogP contribution is 2.46. The SMILES string of the molecule is CC1(C(=O)N2CCN(C(=O)c3ccc(-c4cccc(CC(=O)C5CC5)c4)cc3)CC2)CC1. The summed E-state index contributed by atoms with van der Waals surface area (Å²) in [7, 11) is 0. The minimum Gasteiger partial charge on any atom is -0.339 e. The molecule has 1 saturated heterocycles. The van der Waals surface area contributed by atoms with Gasteiger partial charge in [-0.2, -0.15) is 0 Å². The van der Waals surface area contributed by atoms with Crippen molar-refractivity contribution in [3.63, 3.8) is 0 Å². The van der Waals surface area contributed by atoms with Crippen molar-refractivity contribution in [1.82, 2.24) is 9.80 Å². The number of carbonyl (C=O) groups excluding carboxylic acids is 3. The zero-order chi connectivity index (χ0) is 22.3. The Balaban J connectivity index is 1.21. The molecule has 32 heavy (non-hydrogen) atoms. The Hall–Kier alpha value is -2.95. The zero-order valence-corrected chi connectivity index (χ0v) is 18.7. The molecule has 3 aliphatic rings. The average molecular weight is 431 g/mol. The minimum absolute atomic E-state index is 0.0186. The van der Waals surface area contributed by atoms with Gasteiger partial charge in [-0.3, -0.25) is 14.4 Å². The van der Waals surface area contributed by atoms with E-state index in [1.165, 1.54) is 0 Å². The molecule has 166 valence electrons. The second-order valence-corrected chi connectivity index (χ2v) is 9.84. The fourth-order valence-corrected chi connectivity index (χ4v) is 4.50. The van der Waals surface area contributed by atoms with Gasteiger partial charge in [0.1, 0.15) is 5.78 Å². The summed E-state index contributed by atoms with van der Waals surface area (Å²) in [6.45, 7) is 4.43. The fraction of sp³-hybridized carbons (Fsp3) is 0.444. The fourth-order valence-electron chi connectivity index (χ4n) is 4.50. The van der Waals surface area contributed by atoms with E-state index in [-0.39, 0.29) is 23.1 Å². The molecule has 5 nitrogen and oxygen atoms in total. The Bertz CT molecular complexity index is 1040. The molecule has 5 rings (SSSR count). The van der Waals surface area contributed by atoms with E-state index in [1.54, 1.807) is 0 Å². The van der Waals surface area contributed by atoms with Gasteiger partial charge in [0.25, 0.3) is 5.91 Å². The molecule has 3 fully saturated rings. The number of hydrogen-bond donors (Lipinski definition) is 0. The van der Waals surface area contributed by atoms with Crippen LogP contribution in [0, 0.1) is 11.3 Å². The van der Waals surface area contributed by atoms with Crippen LogP contribution in [0.2, 0.25) is 0 Å². The van der Waals surface area contributed by atoms with Gasteiger partial charge < -0.3 is 9.80 Å². The van der Waals surface area contributed by atoms with Crippen molar-refractivity contribution in [3.8, 4) is 11.1 Å². The van der Waals surface area contributed by atoms with E-state index < -0.39 is 0 Å². The van der Waals surface area contributed by atoms with Crippen LogP contribution >= 0.6 is 0 Å². The van der Waals surface area contributed by atoms with E-state index in [2.05, 4.69) is 6.07 Å². The van der Waals surface area contributed by atoms with E-state index in [0.29, 0.717) is 43.9 Å². The molecule has 2 aliphatic carbocycles. The number of nitrogens with zero attached hydrogens (tertiary/aromatic N) is 2. The van der Waals surface area contributed by atoms with Gasteiger partial charge in [-0.1, -0.05) is 43.3 Å². The predicted octanol–water partition coefficient (Wildman–Crippen LogP) is 3.96. The summed E-state index contributed by atoms with van der Waals surface area (Å²) in [4.78, 5) is 41.4. The molecule has 0 aromatic heterocycles. The van der Waals surface area contributed by atoms with Gasteiger partial charge in [-0.25, -0.2) is 0 Å². The smallest absolute Gasteiger partial charge is 0.253 e. The lowest BCUT2D eigenvalue weighted by atomic mass is 9.98. The van der Waals surface area contributed by atoms with Crippen LogP contribution in [0.25, 0.3) is 11.1 Å². The lowest BCUT2D eigenvalue weighted by Crippen LogP contribution is -2.52. The highest BCUT2D eigenvalue weighted by molar-refractivity contribution is 5.95. The molecular weight excluding hydrogens is 400 g/mol. The minimum atomic E-state index is -0.148. The third-order valence-electron chi connectivity index (χ3n) is 7.17. The first kappa shape index (κ1) is 20.9. The van der Waals surface area contributed by atoms with Crippen molar-refractivity contribution in [2.45, 2.75) is 39.0 Å². The monoisotopic (exact) mass is 430 g/mol. The van der Waals surface area contributed by atoms with E-state index in [4.69, 9.17) is 0 Å². The second-order valence-electron chi connectivity index (χ2n) is 9.84. The molecule has 0 radical (unpaired) electrons. The molecule has 0 unspecified atom stereocenters. The topological polar surface area (TPSA) is 57.7 Å². The Morgan fingerprint density at radius 2 is 1.53 bits per heavy atom. The number of hydrogen-bond acceptors (Lipinski definition) is 3. The highest BCUT2D eigenvalue weighted by Gasteiger charge is 2.47. The van der Waals surface area contributed by atoms with E-state index in [0.717, 1.165) is 42.4 Å². The lowest BCUT2D eigenvalue weighted by molar-refractivity contribution is -0.137. The van der Waals surface area contributed by atoms with Crippen LogP contribution in [0.4, 0.5) is 0 Å². The summed E-state index contributed by atoms with van der Waals surface area (Å²) in [6, 6.07) is 15.8. The molecule has 0 atom stereocenters. The first-order valence-electron chi connectivity index (χ1n) is 11.7. The van der Waals surface area contributed by atoms with Gasteiger partial charge in [0.2, 0.25) is 5.91 Å². The molecule has 2 amide bonds. The molecule has 1 heterocycles. The summed E-state index contributed by atoms with van der Waals surface area (Å²) >= 11 is 0. The summed E-state index contributed by atoms with van der Waals surface area (Å²) in [6.07, 6.45) is 4.55. The molecular formula is C27H30N2O3. The van der Waals surface area contributed by atoms with E-state index in [9.17, 15) is 14.4 Å². The number of amides is 2. The number of ketones is 1. The third kappa shape index (κ3) is 4.34. The van der Waals surface area contributed by atoms with Crippen molar-refractivity contribution in [1.29, 1.82) is 0 Å². The van der Waals surface area contributed by atoms with Crippen LogP contribution in [-0.4, -0.2) is 53.6 Å². The van der Waals surface area contributed by atoms with Gasteiger partial charge in [0.05, 0.1) is 0 Å². The van der Waals surface area contributed by atoms with Gasteiger partial charge in [-0.15, -0.1) is 0 Å². The van der Waals surface area contributed by atoms with E-state index in [1.807, 2.05) is 59.2 Å². The van der Waals surface area contributed by atoms with Crippen LogP contribution in [0.15, 0.2) is 48.5 Å². The summed E-state index contributed by atoms with van der Waals surface area (Å²) in [5, 5.41) is 0. The lowest BCUT2D eigenvalue weighted by Gasteiger charge is -2.36. The van der Waals surface area contributed by atoms with E-state index >= 15 is 0 Å². The van der Waals surface area contributed by atoms with Crippen molar-refractivity contribution in [3.05, 3.63) is 59.7 Å². The average Bonchev–Trinajstić information content (AvgIpc) is 3.75. The largest absolute Gasteiger partial charge is 0.339 e. The van der Waals surface area contributed by atoms with Crippen LogP contribution in [0.3, 0.4) is 0 Å². The maximum Gasteiger partial charge on any atom is 0.253 e. The highest BCUT2D eigenvalue weighted by atomic mass is 16.2. The van der Waals surface area contributed by atoms with Gasteiger partial charge in [0.15, 0.2) is 0 Å². The molecule has 0 bridgehead atoms. The van der Waals surface area contributed by atoms with Crippen molar-refractivity contribution in [2.24, 2.45) is 11.3 Å². The zero-order valence-electron chi connectivity index (χ0n) is 18.7. The first-order valence-corrected chi connectivity index (χ1v) is 11.7. The van der Waals surface area contributed by atoms with Crippen molar-refractivity contribution < 1.29 is 14.4 Å². The van der Waals surface area contributed by atoms with Gasteiger partial charge in [-0.05, 0) is 54.5 Å². The number of Topliss-reactive ketones (excluding diaryl/α,β-unsaturated/α-hetero) is 1.